The number of hydrogen-bond acceptors (Lipinski definition) is 5. The normalized spacial score (nSPS) is 28.2. The van der Waals surface area contributed by atoms with Crippen LogP contribution in [0.15, 0.2) is 48.9 Å². The average Bonchev–Trinajstić information content (AvgIpc) is 3.13. The highest BCUT2D eigenvalue weighted by Crippen LogP contribution is 2.44. The molecule has 8 heteroatoms. The van der Waals surface area contributed by atoms with Gasteiger partial charge in [-0.05, 0) is 24.5 Å². The lowest BCUT2D eigenvalue weighted by Gasteiger charge is -2.54. The van der Waals surface area contributed by atoms with Gasteiger partial charge in [-0.1, -0.05) is 56.0 Å². The molecule has 6 rings (SSSR count). The number of fused-ring (bicyclic) bond motifs is 3. The fourth-order valence-corrected chi connectivity index (χ4v) is 6.77. The smallest absolute Gasteiger partial charge is 0.317 e. The Morgan fingerprint density at radius 1 is 1.03 bits per heavy atom. The minimum absolute atomic E-state index is 0. The fraction of sp³-hybridized carbons (Fsp3) is 0.556. The first-order valence-electron chi connectivity index (χ1n) is 12.7. The molecule has 1 aliphatic carbocycles. The van der Waals surface area contributed by atoms with Crippen LogP contribution in [0.4, 0.5) is 0 Å². The molecule has 4 fully saturated rings. The van der Waals surface area contributed by atoms with Crippen molar-refractivity contribution >= 4 is 11.9 Å². The van der Waals surface area contributed by atoms with Crippen molar-refractivity contribution in [3.05, 3.63) is 60.2 Å². The largest absolute Gasteiger partial charge is 1.00 e. The summed E-state index contributed by atoms with van der Waals surface area (Å²) in [5.41, 5.74) is 7.08. The SMILES string of the molecule is NC(=O)C(c1ccncn1)[N+]12CCC(CC1)[C@@H](OC(=O)C1(c3ccccc3)CCCCCC1)C2.[Cl-]. The minimum atomic E-state index is -0.579. The Morgan fingerprint density at radius 3 is 2.31 bits per heavy atom. The molecule has 7 nitrogen and oxygen atoms in total. The van der Waals surface area contributed by atoms with Crippen molar-refractivity contribution in [2.75, 3.05) is 19.6 Å². The van der Waals surface area contributed by atoms with E-state index >= 15 is 0 Å². The molecule has 3 aliphatic heterocycles. The summed E-state index contributed by atoms with van der Waals surface area (Å²) in [6, 6.07) is 11.4. The van der Waals surface area contributed by atoms with E-state index in [1.165, 1.54) is 6.33 Å². The third-order valence-electron chi connectivity index (χ3n) is 8.59. The van der Waals surface area contributed by atoms with E-state index in [9.17, 15) is 9.59 Å². The number of carbonyl (C=O) groups excluding carboxylic acids is 2. The van der Waals surface area contributed by atoms with Crippen LogP contribution in [-0.2, 0) is 19.7 Å². The van der Waals surface area contributed by atoms with Gasteiger partial charge in [0.25, 0.3) is 5.91 Å². The zero-order chi connectivity index (χ0) is 23.6. The number of rotatable bonds is 6. The first-order chi connectivity index (χ1) is 16.5. The average molecular weight is 499 g/mol. The maximum atomic E-state index is 14.0. The van der Waals surface area contributed by atoms with Crippen LogP contribution >= 0.6 is 0 Å². The van der Waals surface area contributed by atoms with Gasteiger partial charge in [0, 0.05) is 25.0 Å². The van der Waals surface area contributed by atoms with Gasteiger partial charge in [-0.3, -0.25) is 9.59 Å². The van der Waals surface area contributed by atoms with Gasteiger partial charge < -0.3 is 27.4 Å². The molecule has 188 valence electrons. The summed E-state index contributed by atoms with van der Waals surface area (Å²) in [6.07, 6.45) is 10.8. The van der Waals surface area contributed by atoms with Gasteiger partial charge in [-0.25, -0.2) is 9.97 Å². The highest BCUT2D eigenvalue weighted by Gasteiger charge is 2.55. The Kier molecular flexibility index (Phi) is 7.77. The van der Waals surface area contributed by atoms with Crippen molar-refractivity contribution < 1.29 is 31.2 Å². The van der Waals surface area contributed by atoms with Crippen LogP contribution in [0.3, 0.4) is 0 Å². The summed E-state index contributed by atoms with van der Waals surface area (Å²) >= 11 is 0. The molecular weight excluding hydrogens is 464 g/mol. The molecule has 3 saturated heterocycles. The van der Waals surface area contributed by atoms with E-state index in [0.29, 0.717) is 22.6 Å². The lowest BCUT2D eigenvalue weighted by atomic mass is 9.74. The zero-order valence-electron chi connectivity index (χ0n) is 20.2. The quantitative estimate of drug-likeness (QED) is 0.354. The van der Waals surface area contributed by atoms with Gasteiger partial charge in [0.15, 0.2) is 6.10 Å². The molecule has 0 spiro atoms. The number of aromatic nitrogens is 2. The number of quaternary nitrogens is 1. The molecule has 1 saturated carbocycles. The summed E-state index contributed by atoms with van der Waals surface area (Å²) in [6.45, 7) is 2.30. The Morgan fingerprint density at radius 2 is 1.71 bits per heavy atom. The van der Waals surface area contributed by atoms with Crippen molar-refractivity contribution in [1.82, 2.24) is 9.97 Å². The Labute approximate surface area is 213 Å². The van der Waals surface area contributed by atoms with E-state index in [1.54, 1.807) is 12.3 Å². The second kappa shape index (κ2) is 10.6. The van der Waals surface area contributed by atoms with Crippen LogP contribution in [-0.4, -0.2) is 52.1 Å². The zero-order valence-corrected chi connectivity index (χ0v) is 20.9. The van der Waals surface area contributed by atoms with Crippen LogP contribution in [0.5, 0.6) is 0 Å². The van der Waals surface area contributed by atoms with Crippen molar-refractivity contribution in [2.45, 2.75) is 68.9 Å². The molecule has 4 heterocycles. The summed E-state index contributed by atoms with van der Waals surface area (Å²) in [4.78, 5) is 35.0. The second-order valence-electron chi connectivity index (χ2n) is 10.4. The highest BCUT2D eigenvalue weighted by atomic mass is 35.5. The van der Waals surface area contributed by atoms with Gasteiger partial charge in [-0.2, -0.15) is 0 Å². The molecule has 2 atom stereocenters. The number of piperidine rings is 3. The minimum Gasteiger partial charge on any atom is -1.00 e. The Hall–Kier alpha value is -2.51. The second-order valence-corrected chi connectivity index (χ2v) is 10.4. The predicted molar refractivity (Wildman–Crippen MR) is 127 cm³/mol. The number of hydrogen-bond donors (Lipinski definition) is 1. The van der Waals surface area contributed by atoms with Crippen molar-refractivity contribution in [2.24, 2.45) is 11.7 Å². The van der Waals surface area contributed by atoms with E-state index in [1.807, 2.05) is 18.2 Å². The molecule has 1 aromatic carbocycles. The molecule has 2 bridgehead atoms. The number of esters is 1. The van der Waals surface area contributed by atoms with E-state index in [2.05, 4.69) is 22.1 Å². The van der Waals surface area contributed by atoms with Crippen LogP contribution in [0.1, 0.15) is 68.7 Å². The molecule has 1 aromatic heterocycles. The van der Waals surface area contributed by atoms with E-state index in [4.69, 9.17) is 10.5 Å². The number of primary amides is 1. The van der Waals surface area contributed by atoms with Crippen LogP contribution < -0.4 is 18.1 Å². The van der Waals surface area contributed by atoms with Crippen LogP contribution in [0.25, 0.3) is 0 Å². The van der Waals surface area contributed by atoms with Gasteiger partial charge in [-0.15, -0.1) is 0 Å². The number of ether oxygens (including phenoxy) is 1. The molecular formula is C27H35ClN4O3. The van der Waals surface area contributed by atoms with E-state index < -0.39 is 11.5 Å². The lowest BCUT2D eigenvalue weighted by Crippen LogP contribution is -3.00. The molecule has 2 N–H and O–H groups in total. The first-order valence-corrected chi connectivity index (χ1v) is 12.7. The first kappa shape index (κ1) is 25.6. The summed E-state index contributed by atoms with van der Waals surface area (Å²) < 4.78 is 6.94. The molecule has 2 aromatic rings. The van der Waals surface area contributed by atoms with Gasteiger partial charge in [0.05, 0.1) is 18.5 Å². The Balaban J connectivity index is 0.00000289. The van der Waals surface area contributed by atoms with Crippen LogP contribution in [0.2, 0.25) is 0 Å². The van der Waals surface area contributed by atoms with Gasteiger partial charge >= 0.3 is 5.97 Å². The maximum absolute atomic E-state index is 14.0. The standard InChI is InChI=1S/C27H34N4O3.ClH/c28-25(32)24(22-10-15-29-19-30-22)31-16-11-20(12-17-31)23(18-31)34-26(33)27(13-6-1-2-7-14-27)21-8-4-3-5-9-21;/h3-5,8-10,15,19-20,23-24H,1-2,6-7,11-14,16-18H2,(H-,28,32);1H/t20?,23-,24?,31?;/m0./s1. The topological polar surface area (TPSA) is 95.2 Å². The lowest BCUT2D eigenvalue weighted by molar-refractivity contribution is -0.965. The van der Waals surface area contributed by atoms with Crippen molar-refractivity contribution in [3.8, 4) is 0 Å². The third-order valence-corrected chi connectivity index (χ3v) is 8.59. The summed E-state index contributed by atoms with van der Waals surface area (Å²) in [7, 11) is 0. The fourth-order valence-electron chi connectivity index (χ4n) is 6.77. The number of nitrogens with zero attached hydrogens (tertiary/aromatic N) is 3. The number of nitrogens with two attached hydrogens (primary N) is 1. The van der Waals surface area contributed by atoms with E-state index in [-0.39, 0.29) is 30.4 Å². The summed E-state index contributed by atoms with van der Waals surface area (Å²) in [5.74, 6) is -0.134. The highest BCUT2D eigenvalue weighted by molar-refractivity contribution is 5.83. The molecule has 1 amide bonds. The number of halogens is 1. The Bertz CT molecular complexity index is 1000. The molecule has 35 heavy (non-hydrogen) atoms. The van der Waals surface area contributed by atoms with Crippen LogP contribution in [0, 0.1) is 5.92 Å². The monoisotopic (exact) mass is 498 g/mol. The van der Waals surface area contributed by atoms with Gasteiger partial charge in [0.1, 0.15) is 18.6 Å². The predicted octanol–water partition coefficient (Wildman–Crippen LogP) is 0.451. The third kappa shape index (κ3) is 4.81. The maximum Gasteiger partial charge on any atom is 0.317 e. The van der Waals surface area contributed by atoms with Crippen molar-refractivity contribution in [3.63, 3.8) is 0 Å². The summed E-state index contributed by atoms with van der Waals surface area (Å²) in [5, 5.41) is 0. The van der Waals surface area contributed by atoms with E-state index in [0.717, 1.165) is 70.0 Å². The van der Waals surface area contributed by atoms with Gasteiger partial charge in [0.2, 0.25) is 6.04 Å². The van der Waals surface area contributed by atoms with Crippen molar-refractivity contribution in [1.29, 1.82) is 0 Å². The molecule has 1 unspecified atom stereocenters. The number of carbonyl (C=O) groups is 2. The number of amides is 1. The molecule has 0 radical (unpaired) electrons. The number of benzene rings is 1. The molecule has 4 aliphatic rings.